The number of nitrogen functional groups attached to an aromatic ring is 1. The van der Waals surface area contributed by atoms with Crippen LogP contribution < -0.4 is 11.3 Å². The van der Waals surface area contributed by atoms with Crippen molar-refractivity contribution < 1.29 is 0 Å². The average molecular weight is 506 g/mol. The minimum atomic E-state index is -0.268. The zero-order valence-electron chi connectivity index (χ0n) is 18.1. The number of rotatable bonds is 4. The maximum atomic E-state index is 13.4. The summed E-state index contributed by atoms with van der Waals surface area (Å²) < 4.78 is 3.29. The van der Waals surface area contributed by atoms with Gasteiger partial charge in [-0.2, -0.15) is 4.68 Å². The summed E-state index contributed by atoms with van der Waals surface area (Å²) in [5.74, 6) is 0.998. The summed E-state index contributed by atoms with van der Waals surface area (Å²) in [5, 5.41) is 12.3. The van der Waals surface area contributed by atoms with Crippen LogP contribution in [0.2, 0.25) is 10.2 Å². The lowest BCUT2D eigenvalue weighted by Crippen LogP contribution is -2.24. The Morgan fingerprint density at radius 2 is 1.97 bits per heavy atom. The number of nitrogens with two attached hydrogens (primary N) is 1. The van der Waals surface area contributed by atoms with Crippen molar-refractivity contribution in [3.05, 3.63) is 87.0 Å². The highest BCUT2D eigenvalue weighted by Crippen LogP contribution is 2.36. The number of imidazole rings is 1. The molecule has 5 aromatic rings. The van der Waals surface area contributed by atoms with Crippen molar-refractivity contribution in [2.24, 2.45) is 0 Å². The Morgan fingerprint density at radius 1 is 1.09 bits per heavy atom. The second-order valence-electron chi connectivity index (χ2n) is 8.17. The van der Waals surface area contributed by atoms with Crippen molar-refractivity contribution in [1.82, 2.24) is 39.7 Å². The molecule has 0 bridgehead atoms. The number of nitrogens with zero attached hydrogens (tertiary/aromatic N) is 7. The lowest BCUT2D eigenvalue weighted by Gasteiger charge is -2.15. The number of fused-ring (bicyclic) bond motifs is 1. The highest BCUT2D eigenvalue weighted by molar-refractivity contribution is 6.32. The molecule has 0 radical (unpaired) electrons. The number of aromatic amines is 1. The van der Waals surface area contributed by atoms with Crippen LogP contribution in [0.1, 0.15) is 24.0 Å². The van der Waals surface area contributed by atoms with E-state index in [2.05, 4.69) is 30.5 Å². The van der Waals surface area contributed by atoms with E-state index in [0.29, 0.717) is 40.4 Å². The van der Waals surface area contributed by atoms with Gasteiger partial charge >= 0.3 is 0 Å². The third kappa shape index (κ3) is 3.76. The number of aryl methyl sites for hydroxylation is 1. The largest absolute Gasteiger partial charge is 0.384 e. The molecule has 0 aliphatic carbocycles. The molecule has 1 aromatic carbocycles. The van der Waals surface area contributed by atoms with E-state index in [9.17, 15) is 4.79 Å². The van der Waals surface area contributed by atoms with Gasteiger partial charge in [-0.25, -0.2) is 9.97 Å². The first kappa shape index (κ1) is 21.5. The normalized spacial score (nSPS) is 14.9. The maximum Gasteiger partial charge on any atom is 0.252 e. The minimum Gasteiger partial charge on any atom is -0.384 e. The van der Waals surface area contributed by atoms with Crippen LogP contribution in [0.5, 0.6) is 0 Å². The molecule has 1 atom stereocenters. The Labute approximate surface area is 208 Å². The van der Waals surface area contributed by atoms with Gasteiger partial charge < -0.3 is 15.3 Å². The lowest BCUT2D eigenvalue weighted by molar-refractivity contribution is 0.572. The molecular formula is C23H17Cl2N9O. The van der Waals surface area contributed by atoms with Gasteiger partial charge in [-0.05, 0) is 65.2 Å². The smallest absolute Gasteiger partial charge is 0.252 e. The van der Waals surface area contributed by atoms with Gasteiger partial charge in [0.2, 0.25) is 0 Å². The Morgan fingerprint density at radius 3 is 2.77 bits per heavy atom. The first-order valence-corrected chi connectivity index (χ1v) is 11.5. The van der Waals surface area contributed by atoms with E-state index in [-0.39, 0.29) is 11.6 Å². The van der Waals surface area contributed by atoms with Crippen molar-refractivity contribution in [3.8, 4) is 28.1 Å². The third-order valence-corrected chi connectivity index (χ3v) is 6.57. The van der Waals surface area contributed by atoms with Gasteiger partial charge in [-0.15, -0.1) is 5.10 Å². The van der Waals surface area contributed by atoms with Gasteiger partial charge in [0, 0.05) is 34.1 Å². The second-order valence-corrected chi connectivity index (χ2v) is 8.97. The fraction of sp³-hybridized carbons (Fsp3) is 0.130. The number of halogens is 2. The summed E-state index contributed by atoms with van der Waals surface area (Å²) >= 11 is 12.7. The number of hydrogen-bond donors (Lipinski definition) is 2. The molecule has 1 aliphatic heterocycles. The number of H-pyrrole nitrogens is 1. The molecule has 0 saturated heterocycles. The lowest BCUT2D eigenvalue weighted by atomic mass is 10.0. The number of hydrogen-bond acceptors (Lipinski definition) is 7. The number of pyridine rings is 2. The van der Waals surface area contributed by atoms with E-state index < -0.39 is 0 Å². The summed E-state index contributed by atoms with van der Waals surface area (Å²) in [6.45, 7) is 0. The molecule has 1 aliphatic rings. The van der Waals surface area contributed by atoms with E-state index >= 15 is 0 Å². The van der Waals surface area contributed by atoms with E-state index in [4.69, 9.17) is 28.9 Å². The Hall–Kier alpha value is -4.02. The van der Waals surface area contributed by atoms with Crippen LogP contribution in [-0.2, 0) is 6.42 Å². The van der Waals surface area contributed by atoms with Crippen LogP contribution in [0.25, 0.3) is 28.1 Å². The van der Waals surface area contributed by atoms with Gasteiger partial charge in [-0.1, -0.05) is 23.2 Å². The molecule has 6 rings (SSSR count). The standard InChI is InChI=1S/C23H17Cl2N9O/c24-14-1-3-17(33-11-28-31-32-33)16(10-14)13-7-15-2-4-18(34(15)20(35)9-13)23-29-21(22(25)30-23)12-5-6-27-19(26)8-12/h1,3,5-11,18H,2,4H2,(H2,26,27)(H,29,30)/t18-/m0/s1. The molecule has 174 valence electrons. The molecule has 0 saturated carbocycles. The third-order valence-electron chi connectivity index (χ3n) is 6.06. The average Bonchev–Trinajstić information content (AvgIpc) is 3.59. The van der Waals surface area contributed by atoms with E-state index in [1.54, 1.807) is 41.1 Å². The molecule has 0 fully saturated rings. The quantitative estimate of drug-likeness (QED) is 0.380. The van der Waals surface area contributed by atoms with Gasteiger partial charge in [-0.3, -0.25) is 4.79 Å². The summed E-state index contributed by atoms with van der Waals surface area (Å²) in [6, 6.07) is 12.2. The highest BCUT2D eigenvalue weighted by Gasteiger charge is 2.29. The molecule has 5 heterocycles. The van der Waals surface area contributed by atoms with Gasteiger partial charge in [0.1, 0.15) is 18.0 Å². The summed E-state index contributed by atoms with van der Waals surface area (Å²) in [5.41, 5.74) is 10.2. The highest BCUT2D eigenvalue weighted by atomic mass is 35.5. The Kier molecular flexibility index (Phi) is 5.12. The van der Waals surface area contributed by atoms with Crippen LogP contribution >= 0.6 is 23.2 Å². The van der Waals surface area contributed by atoms with E-state index in [1.165, 1.54) is 11.0 Å². The van der Waals surface area contributed by atoms with Crippen LogP contribution in [-0.4, -0.2) is 39.7 Å². The predicted octanol–water partition coefficient (Wildman–Crippen LogP) is 3.70. The molecule has 35 heavy (non-hydrogen) atoms. The number of tetrazole rings is 1. The number of anilines is 1. The number of aromatic nitrogens is 8. The van der Waals surface area contributed by atoms with Gasteiger partial charge in [0.05, 0.1) is 17.4 Å². The molecule has 10 nitrogen and oxygen atoms in total. The Balaban J connectivity index is 1.41. The zero-order valence-corrected chi connectivity index (χ0v) is 19.6. The molecule has 0 unspecified atom stereocenters. The van der Waals surface area contributed by atoms with Crippen LogP contribution in [0, 0.1) is 0 Å². The summed E-state index contributed by atoms with van der Waals surface area (Å²) in [4.78, 5) is 25.2. The molecule has 4 aromatic heterocycles. The molecular weight excluding hydrogens is 489 g/mol. The van der Waals surface area contributed by atoms with E-state index in [1.807, 2.05) is 12.1 Å². The minimum absolute atomic E-state index is 0.148. The van der Waals surface area contributed by atoms with Crippen molar-refractivity contribution >= 4 is 29.0 Å². The van der Waals surface area contributed by atoms with Crippen molar-refractivity contribution in [1.29, 1.82) is 0 Å². The second kappa shape index (κ2) is 8.33. The molecule has 3 N–H and O–H groups in total. The molecule has 12 heteroatoms. The van der Waals surface area contributed by atoms with Crippen LogP contribution in [0.4, 0.5) is 5.82 Å². The zero-order chi connectivity index (χ0) is 24.1. The maximum absolute atomic E-state index is 13.4. The predicted molar refractivity (Wildman–Crippen MR) is 132 cm³/mol. The Bertz CT molecular complexity index is 1620. The van der Waals surface area contributed by atoms with Crippen molar-refractivity contribution in [2.75, 3.05) is 5.73 Å². The monoisotopic (exact) mass is 505 g/mol. The summed E-state index contributed by atoms with van der Waals surface area (Å²) in [7, 11) is 0. The topological polar surface area (TPSA) is 133 Å². The van der Waals surface area contributed by atoms with E-state index in [0.717, 1.165) is 28.1 Å². The first-order valence-electron chi connectivity index (χ1n) is 10.7. The van der Waals surface area contributed by atoms with Crippen molar-refractivity contribution in [3.63, 3.8) is 0 Å². The SMILES string of the molecule is Nc1cc(-c2[nH]c([C@@H]3CCc4cc(-c5cc(Cl)ccc5-n5cnnn5)cc(=O)n43)nc2Cl)ccn1. The van der Waals surface area contributed by atoms with Gasteiger partial charge in [0.15, 0.2) is 5.15 Å². The fourth-order valence-electron chi connectivity index (χ4n) is 4.54. The summed E-state index contributed by atoms with van der Waals surface area (Å²) in [6.07, 6.45) is 4.51. The molecule has 0 amide bonds. The van der Waals surface area contributed by atoms with Gasteiger partial charge in [0.25, 0.3) is 5.56 Å². The number of benzene rings is 1. The molecule has 0 spiro atoms. The number of nitrogens with one attached hydrogen (secondary N) is 1. The first-order chi connectivity index (χ1) is 17.0. The van der Waals surface area contributed by atoms with Crippen LogP contribution in [0.3, 0.4) is 0 Å². The van der Waals surface area contributed by atoms with Crippen LogP contribution in [0.15, 0.2) is 59.8 Å². The van der Waals surface area contributed by atoms with Crippen molar-refractivity contribution in [2.45, 2.75) is 18.9 Å². The fourth-order valence-corrected chi connectivity index (χ4v) is 4.96.